The molecule has 0 aliphatic carbocycles. The number of sulfone groups is 1. The molecule has 0 aliphatic rings. The molecular weight excluding hydrogens is 270 g/mol. The van der Waals surface area contributed by atoms with Crippen LogP contribution in [0.4, 0.5) is 0 Å². The monoisotopic (exact) mass is 289 g/mol. The fourth-order valence-corrected chi connectivity index (χ4v) is 2.90. The Labute approximate surface area is 114 Å². The lowest BCUT2D eigenvalue weighted by Crippen LogP contribution is -2.23. The predicted octanol–water partition coefficient (Wildman–Crippen LogP) is 2.15. The van der Waals surface area contributed by atoms with E-state index in [9.17, 15) is 8.42 Å². The smallest absolute Gasteiger partial charge is 0.147 e. The molecule has 18 heavy (non-hydrogen) atoms. The van der Waals surface area contributed by atoms with Crippen molar-refractivity contribution >= 4 is 21.4 Å². The van der Waals surface area contributed by atoms with Gasteiger partial charge in [-0.15, -0.1) is 0 Å². The van der Waals surface area contributed by atoms with Crippen LogP contribution >= 0.6 is 11.6 Å². The van der Waals surface area contributed by atoms with Crippen molar-refractivity contribution in [2.24, 2.45) is 5.92 Å². The molecule has 0 saturated carbocycles. The van der Waals surface area contributed by atoms with Crippen LogP contribution in [0.1, 0.15) is 12.0 Å². The third-order valence-corrected chi connectivity index (χ3v) is 4.20. The first-order chi connectivity index (χ1) is 8.42. The van der Waals surface area contributed by atoms with E-state index in [-0.39, 0.29) is 11.7 Å². The van der Waals surface area contributed by atoms with Gasteiger partial charge in [-0.1, -0.05) is 29.8 Å². The zero-order chi connectivity index (χ0) is 13.6. The zero-order valence-electron chi connectivity index (χ0n) is 10.8. The van der Waals surface area contributed by atoms with E-state index in [4.69, 9.17) is 11.6 Å². The molecule has 0 aliphatic heterocycles. The summed E-state index contributed by atoms with van der Waals surface area (Å²) in [6, 6.07) is 7.71. The van der Waals surface area contributed by atoms with Crippen molar-refractivity contribution in [2.75, 3.05) is 25.6 Å². The molecule has 1 aromatic carbocycles. The predicted molar refractivity (Wildman–Crippen MR) is 76.9 cm³/mol. The third kappa shape index (κ3) is 5.85. The highest BCUT2D eigenvalue weighted by molar-refractivity contribution is 7.90. The summed E-state index contributed by atoms with van der Waals surface area (Å²) in [6.45, 7) is 0.792. The molecule has 102 valence electrons. The number of halogens is 1. The fraction of sp³-hybridized carbons (Fsp3) is 0.538. The summed E-state index contributed by atoms with van der Waals surface area (Å²) in [6.07, 6.45) is 2.74. The second-order valence-corrected chi connectivity index (χ2v) is 7.30. The highest BCUT2D eigenvalue weighted by Gasteiger charge is 2.13. The Bertz CT molecular complexity index is 474. The molecule has 0 saturated heterocycles. The molecule has 1 aromatic rings. The first kappa shape index (κ1) is 15.5. The first-order valence-corrected chi connectivity index (χ1v) is 8.42. The molecule has 0 bridgehead atoms. The molecule has 0 aromatic heterocycles. The molecule has 0 heterocycles. The maximum Gasteiger partial charge on any atom is 0.147 e. The van der Waals surface area contributed by atoms with Crippen molar-refractivity contribution in [1.29, 1.82) is 0 Å². The zero-order valence-corrected chi connectivity index (χ0v) is 12.4. The van der Waals surface area contributed by atoms with Crippen LogP contribution in [0.15, 0.2) is 24.3 Å². The lowest BCUT2D eigenvalue weighted by molar-refractivity contribution is 0.478. The Hall–Kier alpha value is -0.580. The van der Waals surface area contributed by atoms with Gasteiger partial charge in [0, 0.05) is 11.3 Å². The highest BCUT2D eigenvalue weighted by Crippen LogP contribution is 2.20. The van der Waals surface area contributed by atoms with Gasteiger partial charge in [-0.05, 0) is 44.0 Å². The third-order valence-electron chi connectivity index (χ3n) is 2.86. The highest BCUT2D eigenvalue weighted by atomic mass is 35.5. The quantitative estimate of drug-likeness (QED) is 0.837. The van der Waals surface area contributed by atoms with Crippen LogP contribution in [-0.4, -0.2) is 34.0 Å². The Morgan fingerprint density at radius 1 is 1.33 bits per heavy atom. The van der Waals surface area contributed by atoms with Crippen molar-refractivity contribution in [3.8, 4) is 0 Å². The first-order valence-electron chi connectivity index (χ1n) is 5.98. The van der Waals surface area contributed by atoms with Crippen molar-refractivity contribution in [3.63, 3.8) is 0 Å². The van der Waals surface area contributed by atoms with E-state index in [1.807, 2.05) is 31.3 Å². The Balaban J connectivity index is 2.66. The number of nitrogens with one attached hydrogen (secondary N) is 1. The van der Waals surface area contributed by atoms with E-state index in [0.717, 1.165) is 23.6 Å². The molecule has 0 radical (unpaired) electrons. The number of benzene rings is 1. The van der Waals surface area contributed by atoms with E-state index >= 15 is 0 Å². The average Bonchev–Trinajstić information content (AvgIpc) is 2.28. The minimum atomic E-state index is -2.90. The van der Waals surface area contributed by atoms with E-state index in [1.165, 1.54) is 6.26 Å². The number of rotatable bonds is 7. The van der Waals surface area contributed by atoms with E-state index < -0.39 is 9.84 Å². The molecule has 1 rings (SSSR count). The summed E-state index contributed by atoms with van der Waals surface area (Å²) in [4.78, 5) is 0. The Morgan fingerprint density at radius 2 is 2.00 bits per heavy atom. The van der Waals surface area contributed by atoms with Gasteiger partial charge in [0.25, 0.3) is 0 Å². The lowest BCUT2D eigenvalue weighted by atomic mass is 9.97. The molecule has 0 amide bonds. The van der Waals surface area contributed by atoms with Crippen LogP contribution < -0.4 is 5.32 Å². The van der Waals surface area contributed by atoms with Crippen molar-refractivity contribution in [1.82, 2.24) is 5.32 Å². The van der Waals surface area contributed by atoms with Gasteiger partial charge in [0.15, 0.2) is 0 Å². The largest absolute Gasteiger partial charge is 0.319 e. The van der Waals surface area contributed by atoms with Crippen molar-refractivity contribution in [2.45, 2.75) is 12.8 Å². The minimum absolute atomic E-state index is 0.226. The normalized spacial score (nSPS) is 13.5. The second-order valence-electron chi connectivity index (χ2n) is 4.64. The molecular formula is C13H20ClNO2S. The Morgan fingerprint density at radius 3 is 2.56 bits per heavy atom. The summed E-state index contributed by atoms with van der Waals surface area (Å²) in [5.74, 6) is 0.508. The number of hydrogen-bond donors (Lipinski definition) is 1. The average molecular weight is 290 g/mol. The maximum absolute atomic E-state index is 11.2. The van der Waals surface area contributed by atoms with Gasteiger partial charge in [0.05, 0.1) is 5.75 Å². The van der Waals surface area contributed by atoms with Crippen LogP contribution in [0.5, 0.6) is 0 Å². The summed E-state index contributed by atoms with van der Waals surface area (Å²) in [5.41, 5.74) is 1.08. The van der Waals surface area contributed by atoms with Crippen LogP contribution in [0, 0.1) is 5.92 Å². The minimum Gasteiger partial charge on any atom is -0.319 e. The topological polar surface area (TPSA) is 46.2 Å². The molecule has 1 N–H and O–H groups in total. The molecule has 1 atom stereocenters. The van der Waals surface area contributed by atoms with Crippen molar-refractivity contribution < 1.29 is 8.42 Å². The summed E-state index contributed by atoms with van der Waals surface area (Å²) < 4.78 is 22.4. The Kier molecular flexibility index (Phi) is 6.12. The van der Waals surface area contributed by atoms with Crippen LogP contribution in [0.25, 0.3) is 0 Å². The van der Waals surface area contributed by atoms with Gasteiger partial charge < -0.3 is 5.32 Å². The van der Waals surface area contributed by atoms with Gasteiger partial charge in [0.1, 0.15) is 9.84 Å². The van der Waals surface area contributed by atoms with Crippen LogP contribution in [0.2, 0.25) is 5.02 Å². The summed E-state index contributed by atoms with van der Waals surface area (Å²) in [5, 5.41) is 3.85. The van der Waals surface area contributed by atoms with Gasteiger partial charge in [0.2, 0.25) is 0 Å². The van der Waals surface area contributed by atoms with Gasteiger partial charge in [-0.2, -0.15) is 0 Å². The maximum atomic E-state index is 11.2. The molecule has 0 spiro atoms. The van der Waals surface area contributed by atoms with E-state index in [0.29, 0.717) is 6.42 Å². The van der Waals surface area contributed by atoms with Gasteiger partial charge in [-0.25, -0.2) is 8.42 Å². The van der Waals surface area contributed by atoms with Crippen molar-refractivity contribution in [3.05, 3.63) is 34.9 Å². The summed E-state index contributed by atoms with van der Waals surface area (Å²) >= 11 is 6.12. The molecule has 5 heteroatoms. The molecule has 0 fully saturated rings. The molecule has 3 nitrogen and oxygen atoms in total. The SMILES string of the molecule is CNCC(CCS(C)(=O)=O)Cc1ccccc1Cl. The van der Waals surface area contributed by atoms with Crippen LogP contribution in [-0.2, 0) is 16.3 Å². The lowest BCUT2D eigenvalue weighted by Gasteiger charge is -2.16. The van der Waals surface area contributed by atoms with E-state index in [2.05, 4.69) is 5.32 Å². The summed E-state index contributed by atoms with van der Waals surface area (Å²) in [7, 11) is -1.03. The van der Waals surface area contributed by atoms with Gasteiger partial charge >= 0.3 is 0 Å². The standard InChI is InChI=1S/C13H20ClNO2S/c1-15-10-11(7-8-18(2,16)17)9-12-5-3-4-6-13(12)14/h3-6,11,15H,7-10H2,1-2H3. The van der Waals surface area contributed by atoms with E-state index in [1.54, 1.807) is 0 Å². The second kappa shape index (κ2) is 7.12. The fourth-order valence-electron chi connectivity index (χ4n) is 1.92. The van der Waals surface area contributed by atoms with Gasteiger partial charge in [-0.3, -0.25) is 0 Å². The van der Waals surface area contributed by atoms with Crippen LogP contribution in [0.3, 0.4) is 0 Å². The number of hydrogen-bond acceptors (Lipinski definition) is 3. The molecule has 1 unspecified atom stereocenters.